The van der Waals surface area contributed by atoms with Gasteiger partial charge >= 0.3 is 0 Å². The summed E-state index contributed by atoms with van der Waals surface area (Å²) in [6.07, 6.45) is 7.04. The number of nitrogens with zero attached hydrogens (tertiary/aromatic N) is 2. The Morgan fingerprint density at radius 2 is 2.26 bits per heavy atom. The zero-order valence-electron chi connectivity index (χ0n) is 14.3. The number of hydrogen-bond donors (Lipinski definition) is 1. The van der Waals surface area contributed by atoms with Crippen LogP contribution in [0.5, 0.6) is 0 Å². The fraction of sp³-hybridized carbons (Fsp3) is 0.722. The van der Waals surface area contributed by atoms with Crippen molar-refractivity contribution in [3.8, 4) is 0 Å². The third-order valence-electron chi connectivity index (χ3n) is 5.49. The second kappa shape index (κ2) is 7.71. The number of ether oxygens (including phenoxy) is 2. The van der Waals surface area contributed by atoms with Crippen LogP contribution in [-0.4, -0.2) is 62.5 Å². The van der Waals surface area contributed by atoms with E-state index < -0.39 is 0 Å². The molecule has 2 atom stereocenters. The second-order valence-electron chi connectivity index (χ2n) is 6.89. The first-order valence-corrected chi connectivity index (χ1v) is 8.68. The van der Waals surface area contributed by atoms with Crippen LogP contribution in [0.15, 0.2) is 24.5 Å². The summed E-state index contributed by atoms with van der Waals surface area (Å²) < 4.78 is 11.3. The number of likely N-dealkylation sites (tertiary alicyclic amines) is 1. The normalized spacial score (nSPS) is 28.1. The molecule has 3 heterocycles. The number of rotatable bonds is 6. The third kappa shape index (κ3) is 3.91. The summed E-state index contributed by atoms with van der Waals surface area (Å²) in [7, 11) is 4.04. The van der Waals surface area contributed by atoms with Crippen molar-refractivity contribution in [2.45, 2.75) is 30.9 Å². The van der Waals surface area contributed by atoms with Gasteiger partial charge in [0.25, 0.3) is 0 Å². The standard InChI is InChI=1S/C18H29N3O2/c1-21-9-5-16(17(21)15-4-3-8-19-12-15)13-20-14-18(22-2)6-10-23-11-7-18/h3-4,8,12,16-17,20H,5-7,9-11,13-14H2,1-2H3/t16-,17-/m0/s1. The predicted molar refractivity (Wildman–Crippen MR) is 90.4 cm³/mol. The van der Waals surface area contributed by atoms with Crippen molar-refractivity contribution in [2.75, 3.05) is 47.0 Å². The van der Waals surface area contributed by atoms with Crippen LogP contribution in [0, 0.1) is 5.92 Å². The van der Waals surface area contributed by atoms with Crippen LogP contribution in [0.25, 0.3) is 0 Å². The zero-order valence-corrected chi connectivity index (χ0v) is 14.3. The van der Waals surface area contributed by atoms with Crippen molar-refractivity contribution in [2.24, 2.45) is 5.92 Å². The summed E-state index contributed by atoms with van der Waals surface area (Å²) in [5.74, 6) is 0.623. The van der Waals surface area contributed by atoms with E-state index in [4.69, 9.17) is 9.47 Å². The van der Waals surface area contributed by atoms with Gasteiger partial charge in [0.2, 0.25) is 0 Å². The fourth-order valence-electron chi connectivity index (χ4n) is 4.00. The maximum absolute atomic E-state index is 5.81. The summed E-state index contributed by atoms with van der Waals surface area (Å²) in [4.78, 5) is 6.74. The summed E-state index contributed by atoms with van der Waals surface area (Å²) in [6, 6.07) is 4.69. The first-order valence-electron chi connectivity index (χ1n) is 8.68. The molecule has 0 aliphatic carbocycles. The van der Waals surface area contributed by atoms with E-state index in [1.807, 2.05) is 25.6 Å². The zero-order chi connectivity index (χ0) is 16.1. The van der Waals surface area contributed by atoms with Crippen LogP contribution in [0.2, 0.25) is 0 Å². The molecule has 5 heteroatoms. The Kier molecular flexibility index (Phi) is 5.64. The van der Waals surface area contributed by atoms with Gasteiger partial charge in [-0.05, 0) is 44.1 Å². The van der Waals surface area contributed by atoms with Gasteiger partial charge in [-0.25, -0.2) is 0 Å². The lowest BCUT2D eigenvalue weighted by atomic mass is 9.92. The highest BCUT2D eigenvalue weighted by Gasteiger charge is 2.35. The first-order chi connectivity index (χ1) is 11.2. The van der Waals surface area contributed by atoms with Crippen molar-refractivity contribution >= 4 is 0 Å². The minimum absolute atomic E-state index is 0.0491. The minimum atomic E-state index is -0.0491. The number of methoxy groups -OCH3 is 1. The molecule has 0 saturated carbocycles. The molecule has 1 aromatic rings. The van der Waals surface area contributed by atoms with Gasteiger partial charge in [-0.2, -0.15) is 0 Å². The van der Waals surface area contributed by atoms with Crippen LogP contribution < -0.4 is 5.32 Å². The SMILES string of the molecule is COC1(CNC[C@@H]2CCN(C)[C@H]2c2cccnc2)CCOCC1. The molecule has 1 aromatic heterocycles. The molecule has 23 heavy (non-hydrogen) atoms. The lowest BCUT2D eigenvalue weighted by Gasteiger charge is -2.36. The van der Waals surface area contributed by atoms with E-state index >= 15 is 0 Å². The second-order valence-corrected chi connectivity index (χ2v) is 6.89. The first kappa shape index (κ1) is 16.8. The Labute approximate surface area is 139 Å². The van der Waals surface area contributed by atoms with Crippen LogP contribution >= 0.6 is 0 Å². The van der Waals surface area contributed by atoms with Crippen LogP contribution in [0.4, 0.5) is 0 Å². The molecule has 0 radical (unpaired) electrons. The summed E-state index contributed by atoms with van der Waals surface area (Å²) in [6.45, 7) is 4.69. The van der Waals surface area contributed by atoms with E-state index in [0.717, 1.165) is 45.7 Å². The molecule has 2 saturated heterocycles. The maximum atomic E-state index is 5.81. The number of aromatic nitrogens is 1. The van der Waals surface area contributed by atoms with Gasteiger partial charge in [-0.15, -0.1) is 0 Å². The van der Waals surface area contributed by atoms with Crippen molar-refractivity contribution in [1.29, 1.82) is 0 Å². The van der Waals surface area contributed by atoms with Gasteiger partial charge in [-0.1, -0.05) is 6.07 Å². The molecule has 0 unspecified atom stereocenters. The number of nitrogens with one attached hydrogen (secondary N) is 1. The predicted octanol–water partition coefficient (Wildman–Crippen LogP) is 1.86. The third-order valence-corrected chi connectivity index (χ3v) is 5.49. The lowest BCUT2D eigenvalue weighted by molar-refractivity contribution is -0.0878. The molecular weight excluding hydrogens is 290 g/mol. The highest BCUT2D eigenvalue weighted by atomic mass is 16.5. The highest BCUT2D eigenvalue weighted by Crippen LogP contribution is 2.35. The average molecular weight is 319 g/mol. The Balaban J connectivity index is 1.56. The molecule has 0 aromatic carbocycles. The number of pyridine rings is 1. The minimum Gasteiger partial charge on any atom is -0.381 e. The molecule has 5 nitrogen and oxygen atoms in total. The number of hydrogen-bond acceptors (Lipinski definition) is 5. The van der Waals surface area contributed by atoms with E-state index in [1.165, 1.54) is 12.0 Å². The molecule has 2 fully saturated rings. The highest BCUT2D eigenvalue weighted by molar-refractivity contribution is 5.17. The molecule has 0 amide bonds. The summed E-state index contributed by atoms with van der Waals surface area (Å²) in [5.41, 5.74) is 1.28. The average Bonchev–Trinajstić information content (AvgIpc) is 2.97. The Morgan fingerprint density at radius 1 is 1.43 bits per heavy atom. The van der Waals surface area contributed by atoms with Gasteiger partial charge in [0.15, 0.2) is 0 Å². The summed E-state index contributed by atoms with van der Waals surface area (Å²) in [5, 5.41) is 3.68. The van der Waals surface area contributed by atoms with Crippen LogP contribution in [-0.2, 0) is 9.47 Å². The van der Waals surface area contributed by atoms with Gasteiger partial charge < -0.3 is 14.8 Å². The van der Waals surface area contributed by atoms with Crippen molar-refractivity contribution in [1.82, 2.24) is 15.2 Å². The molecule has 1 N–H and O–H groups in total. The van der Waals surface area contributed by atoms with Gasteiger partial charge in [0.1, 0.15) is 0 Å². The molecule has 2 aliphatic rings. The molecule has 2 aliphatic heterocycles. The smallest absolute Gasteiger partial charge is 0.0846 e. The van der Waals surface area contributed by atoms with Gasteiger partial charge in [-0.3, -0.25) is 9.88 Å². The Hall–Kier alpha value is -1.01. The molecule has 3 rings (SSSR count). The molecular formula is C18H29N3O2. The Bertz CT molecular complexity index is 476. The lowest BCUT2D eigenvalue weighted by Crippen LogP contribution is -2.47. The van der Waals surface area contributed by atoms with Crippen molar-refractivity contribution in [3.05, 3.63) is 30.1 Å². The largest absolute Gasteiger partial charge is 0.381 e. The monoisotopic (exact) mass is 319 g/mol. The van der Waals surface area contributed by atoms with Gasteiger partial charge in [0, 0.05) is 58.1 Å². The van der Waals surface area contributed by atoms with Crippen LogP contribution in [0.1, 0.15) is 30.9 Å². The maximum Gasteiger partial charge on any atom is 0.0846 e. The molecule has 0 bridgehead atoms. The van der Waals surface area contributed by atoms with E-state index in [1.54, 1.807) is 0 Å². The fourth-order valence-corrected chi connectivity index (χ4v) is 4.00. The Morgan fingerprint density at radius 3 is 2.96 bits per heavy atom. The quantitative estimate of drug-likeness (QED) is 0.867. The van der Waals surface area contributed by atoms with E-state index in [-0.39, 0.29) is 5.60 Å². The van der Waals surface area contributed by atoms with Crippen molar-refractivity contribution < 1.29 is 9.47 Å². The molecule has 0 spiro atoms. The molecule has 128 valence electrons. The van der Waals surface area contributed by atoms with E-state index in [2.05, 4.69) is 28.3 Å². The van der Waals surface area contributed by atoms with E-state index in [0.29, 0.717) is 12.0 Å². The van der Waals surface area contributed by atoms with Gasteiger partial charge in [0.05, 0.1) is 5.60 Å². The topological polar surface area (TPSA) is 46.6 Å². The van der Waals surface area contributed by atoms with Crippen molar-refractivity contribution in [3.63, 3.8) is 0 Å². The van der Waals surface area contributed by atoms with E-state index in [9.17, 15) is 0 Å². The van der Waals surface area contributed by atoms with Crippen LogP contribution in [0.3, 0.4) is 0 Å². The summed E-state index contributed by atoms with van der Waals surface area (Å²) >= 11 is 0.